The highest BCUT2D eigenvalue weighted by Crippen LogP contribution is 2.24. The van der Waals surface area contributed by atoms with Crippen LogP contribution in [0, 0.1) is 12.8 Å². The highest BCUT2D eigenvalue weighted by atomic mass is 32.2. The summed E-state index contributed by atoms with van der Waals surface area (Å²) in [5.41, 5.74) is 0.934. The van der Waals surface area contributed by atoms with Crippen LogP contribution < -0.4 is 4.72 Å². The molecule has 1 aromatic carbocycles. The maximum Gasteiger partial charge on any atom is 0.240 e. The Morgan fingerprint density at radius 3 is 2.58 bits per heavy atom. The summed E-state index contributed by atoms with van der Waals surface area (Å²) >= 11 is 0. The van der Waals surface area contributed by atoms with Gasteiger partial charge >= 0.3 is 0 Å². The molecule has 0 bridgehead atoms. The van der Waals surface area contributed by atoms with Crippen molar-refractivity contribution in [3.63, 3.8) is 0 Å². The van der Waals surface area contributed by atoms with E-state index in [9.17, 15) is 13.5 Å². The van der Waals surface area contributed by atoms with E-state index in [4.69, 9.17) is 0 Å². The van der Waals surface area contributed by atoms with Crippen molar-refractivity contribution in [1.82, 2.24) is 4.72 Å². The number of aryl methyl sites for hydroxylation is 1. The minimum atomic E-state index is -3.41. The number of aliphatic hydroxyl groups excluding tert-OH is 1. The number of nitrogens with one attached hydrogen (secondary N) is 1. The second-order valence-corrected chi connectivity index (χ2v) is 7.11. The molecule has 0 aliphatic heterocycles. The lowest BCUT2D eigenvalue weighted by Crippen LogP contribution is -2.32. The van der Waals surface area contributed by atoms with Gasteiger partial charge in [0.15, 0.2) is 0 Å². The lowest BCUT2D eigenvalue weighted by molar-refractivity contribution is 0.109. The monoisotopic (exact) mass is 283 g/mol. The summed E-state index contributed by atoms with van der Waals surface area (Å²) in [6, 6.07) is 6.91. The Labute approximate surface area is 114 Å². The lowest BCUT2D eigenvalue weighted by atomic mass is 9.88. The van der Waals surface area contributed by atoms with Crippen LogP contribution in [-0.4, -0.2) is 26.2 Å². The zero-order valence-electron chi connectivity index (χ0n) is 11.2. The standard InChI is InChI=1S/C14H21NO3S/c1-11-3-2-4-14(9-11)19(17,18)15-10-12-5-7-13(16)8-6-12/h2-4,9,12-13,15-16H,5-8,10H2,1H3. The molecular weight excluding hydrogens is 262 g/mol. The van der Waals surface area contributed by atoms with Gasteiger partial charge in [-0.2, -0.15) is 0 Å². The zero-order valence-corrected chi connectivity index (χ0v) is 12.0. The molecule has 0 aromatic heterocycles. The van der Waals surface area contributed by atoms with E-state index in [0.717, 1.165) is 31.2 Å². The molecule has 106 valence electrons. The molecule has 0 spiro atoms. The predicted octanol–water partition coefficient (Wildman–Crippen LogP) is 1.82. The second-order valence-electron chi connectivity index (χ2n) is 5.34. The topological polar surface area (TPSA) is 66.4 Å². The lowest BCUT2D eigenvalue weighted by Gasteiger charge is -2.25. The molecule has 1 saturated carbocycles. The third-order valence-electron chi connectivity index (χ3n) is 3.68. The molecule has 0 amide bonds. The molecule has 1 fully saturated rings. The van der Waals surface area contributed by atoms with Gasteiger partial charge in [-0.25, -0.2) is 13.1 Å². The smallest absolute Gasteiger partial charge is 0.240 e. The number of sulfonamides is 1. The molecule has 19 heavy (non-hydrogen) atoms. The molecule has 1 aliphatic carbocycles. The summed E-state index contributed by atoms with van der Waals surface area (Å²) in [5, 5.41) is 9.42. The maximum atomic E-state index is 12.1. The number of benzene rings is 1. The molecule has 0 saturated heterocycles. The number of hydrogen-bond donors (Lipinski definition) is 2. The molecule has 0 radical (unpaired) electrons. The van der Waals surface area contributed by atoms with Crippen molar-refractivity contribution in [3.8, 4) is 0 Å². The second kappa shape index (κ2) is 6.03. The first-order chi connectivity index (χ1) is 8.97. The van der Waals surface area contributed by atoms with Gasteiger partial charge in [0.05, 0.1) is 11.0 Å². The van der Waals surface area contributed by atoms with Gasteiger partial charge in [0.2, 0.25) is 10.0 Å². The largest absolute Gasteiger partial charge is 0.393 e. The summed E-state index contributed by atoms with van der Waals surface area (Å²) in [6.45, 7) is 2.34. The average Bonchev–Trinajstić information content (AvgIpc) is 2.38. The molecule has 0 atom stereocenters. The van der Waals surface area contributed by atoms with Gasteiger partial charge in [-0.05, 0) is 56.2 Å². The SMILES string of the molecule is Cc1cccc(S(=O)(=O)NCC2CCC(O)CC2)c1. The third-order valence-corrected chi connectivity index (χ3v) is 5.10. The Balaban J connectivity index is 1.95. The van der Waals surface area contributed by atoms with Crippen molar-refractivity contribution < 1.29 is 13.5 Å². The van der Waals surface area contributed by atoms with Gasteiger partial charge in [0.25, 0.3) is 0 Å². The van der Waals surface area contributed by atoms with Crippen LogP contribution in [0.3, 0.4) is 0 Å². The first-order valence-corrected chi connectivity index (χ1v) is 8.20. The van der Waals surface area contributed by atoms with Crippen LogP contribution in [0.25, 0.3) is 0 Å². The fourth-order valence-corrected chi connectivity index (χ4v) is 3.66. The summed E-state index contributed by atoms with van der Waals surface area (Å²) in [4.78, 5) is 0.323. The van der Waals surface area contributed by atoms with Crippen molar-refractivity contribution in [2.75, 3.05) is 6.54 Å². The van der Waals surface area contributed by atoms with Crippen molar-refractivity contribution in [2.45, 2.75) is 43.6 Å². The Kier molecular flexibility index (Phi) is 4.60. The fourth-order valence-electron chi connectivity index (χ4n) is 2.44. The third kappa shape index (κ3) is 4.03. The Morgan fingerprint density at radius 2 is 1.95 bits per heavy atom. The van der Waals surface area contributed by atoms with Crippen LogP contribution in [0.1, 0.15) is 31.2 Å². The van der Waals surface area contributed by atoms with E-state index in [1.54, 1.807) is 18.2 Å². The van der Waals surface area contributed by atoms with Gasteiger partial charge in [0, 0.05) is 6.54 Å². The molecule has 0 heterocycles. The van der Waals surface area contributed by atoms with Crippen LogP contribution in [-0.2, 0) is 10.0 Å². The van der Waals surface area contributed by atoms with Gasteiger partial charge in [-0.15, -0.1) is 0 Å². The van der Waals surface area contributed by atoms with Gasteiger partial charge in [0.1, 0.15) is 0 Å². The number of hydrogen-bond acceptors (Lipinski definition) is 3. The van der Waals surface area contributed by atoms with Crippen molar-refractivity contribution in [3.05, 3.63) is 29.8 Å². The van der Waals surface area contributed by atoms with Crippen LogP contribution in [0.2, 0.25) is 0 Å². The van der Waals surface area contributed by atoms with Gasteiger partial charge in [-0.1, -0.05) is 12.1 Å². The van der Waals surface area contributed by atoms with Crippen LogP contribution in [0.15, 0.2) is 29.2 Å². The van der Waals surface area contributed by atoms with Crippen molar-refractivity contribution in [2.24, 2.45) is 5.92 Å². The zero-order chi connectivity index (χ0) is 13.9. The summed E-state index contributed by atoms with van der Waals surface area (Å²) in [7, 11) is -3.41. The van der Waals surface area contributed by atoms with E-state index in [-0.39, 0.29) is 6.10 Å². The van der Waals surface area contributed by atoms with E-state index >= 15 is 0 Å². The van der Waals surface area contributed by atoms with Crippen molar-refractivity contribution >= 4 is 10.0 Å². The summed E-state index contributed by atoms with van der Waals surface area (Å²) < 4.78 is 26.9. The molecule has 0 unspecified atom stereocenters. The Morgan fingerprint density at radius 1 is 1.26 bits per heavy atom. The Bertz CT molecular complexity index is 519. The molecule has 5 heteroatoms. The molecule has 2 rings (SSSR count). The molecular formula is C14H21NO3S. The van der Waals surface area contributed by atoms with Gasteiger partial charge in [-0.3, -0.25) is 0 Å². The molecule has 1 aliphatic rings. The van der Waals surface area contributed by atoms with Crippen molar-refractivity contribution in [1.29, 1.82) is 0 Å². The first kappa shape index (κ1) is 14.5. The summed E-state index contributed by atoms with van der Waals surface area (Å²) in [5.74, 6) is 0.336. The number of aliphatic hydroxyl groups is 1. The van der Waals surface area contributed by atoms with Crippen LogP contribution >= 0.6 is 0 Å². The van der Waals surface area contributed by atoms with E-state index < -0.39 is 10.0 Å². The highest BCUT2D eigenvalue weighted by Gasteiger charge is 2.21. The minimum Gasteiger partial charge on any atom is -0.393 e. The maximum absolute atomic E-state index is 12.1. The van der Waals surface area contributed by atoms with E-state index in [1.165, 1.54) is 0 Å². The highest BCUT2D eigenvalue weighted by molar-refractivity contribution is 7.89. The summed E-state index contributed by atoms with van der Waals surface area (Å²) in [6.07, 6.45) is 3.12. The first-order valence-electron chi connectivity index (χ1n) is 6.72. The normalized spacial score (nSPS) is 24.3. The van der Waals surface area contributed by atoms with Gasteiger partial charge < -0.3 is 5.11 Å². The van der Waals surface area contributed by atoms with E-state index in [2.05, 4.69) is 4.72 Å². The number of rotatable bonds is 4. The molecule has 1 aromatic rings. The van der Waals surface area contributed by atoms with Crippen LogP contribution in [0.5, 0.6) is 0 Å². The minimum absolute atomic E-state index is 0.204. The van der Waals surface area contributed by atoms with E-state index in [0.29, 0.717) is 17.4 Å². The average molecular weight is 283 g/mol. The quantitative estimate of drug-likeness (QED) is 0.886. The van der Waals surface area contributed by atoms with Crippen LogP contribution in [0.4, 0.5) is 0 Å². The predicted molar refractivity (Wildman–Crippen MR) is 74.3 cm³/mol. The fraction of sp³-hybridized carbons (Fsp3) is 0.571. The Hall–Kier alpha value is -0.910. The van der Waals surface area contributed by atoms with E-state index in [1.807, 2.05) is 13.0 Å². The molecule has 4 nitrogen and oxygen atoms in total. The molecule has 2 N–H and O–H groups in total.